The van der Waals surface area contributed by atoms with Crippen molar-refractivity contribution in [2.45, 2.75) is 13.5 Å². The van der Waals surface area contributed by atoms with Crippen molar-refractivity contribution < 1.29 is 28.2 Å². The molecule has 0 bridgehead atoms. The normalized spacial score (nSPS) is 14.7. The number of hydrogen-bond donors (Lipinski definition) is 1. The summed E-state index contributed by atoms with van der Waals surface area (Å²) in [4.78, 5) is 39.0. The Morgan fingerprint density at radius 2 is 1.73 bits per heavy atom. The third kappa shape index (κ3) is 5.95. The largest absolute Gasteiger partial charge is 0.490 e. The highest BCUT2D eigenvalue weighted by atomic mass is 79.9. The number of imide groups is 2. The molecule has 4 rings (SSSR count). The lowest BCUT2D eigenvalue weighted by atomic mass is 10.1. The molecule has 0 aromatic heterocycles. The fraction of sp³-hybridized carbons (Fsp3) is 0.115. The summed E-state index contributed by atoms with van der Waals surface area (Å²) in [5, 5.41) is 2.55. The summed E-state index contributed by atoms with van der Waals surface area (Å²) in [6.45, 7) is 2.26. The lowest BCUT2D eigenvalue weighted by Gasteiger charge is -2.26. The van der Waals surface area contributed by atoms with Crippen molar-refractivity contribution in [2.75, 3.05) is 11.5 Å². The Balaban J connectivity index is 1.66. The van der Waals surface area contributed by atoms with Crippen molar-refractivity contribution in [3.05, 3.63) is 91.6 Å². The van der Waals surface area contributed by atoms with Crippen LogP contribution in [-0.4, -0.2) is 24.5 Å². The van der Waals surface area contributed by atoms with Gasteiger partial charge in [0.15, 0.2) is 11.5 Å². The van der Waals surface area contributed by atoms with E-state index in [0.717, 1.165) is 10.5 Å². The first-order valence-corrected chi connectivity index (χ1v) is 12.4. The Kier molecular flexibility index (Phi) is 8.16. The zero-order chi connectivity index (χ0) is 26.7. The van der Waals surface area contributed by atoms with Gasteiger partial charge in [0.1, 0.15) is 18.0 Å². The van der Waals surface area contributed by atoms with Gasteiger partial charge in [0.2, 0.25) is 0 Å². The Morgan fingerprint density at radius 3 is 2.41 bits per heavy atom. The average Bonchev–Trinajstić information content (AvgIpc) is 2.84. The second-order valence-corrected chi connectivity index (χ2v) is 9.40. The minimum Gasteiger partial charge on any atom is -0.490 e. The first-order chi connectivity index (χ1) is 17.7. The van der Waals surface area contributed by atoms with Crippen molar-refractivity contribution in [1.82, 2.24) is 5.32 Å². The maximum absolute atomic E-state index is 13.2. The molecule has 0 unspecified atom stereocenters. The molecule has 3 aromatic carbocycles. The van der Waals surface area contributed by atoms with Crippen LogP contribution in [-0.2, 0) is 16.2 Å². The van der Waals surface area contributed by atoms with E-state index >= 15 is 0 Å². The van der Waals surface area contributed by atoms with Gasteiger partial charge in [-0.15, -0.1) is 0 Å². The van der Waals surface area contributed by atoms with E-state index in [9.17, 15) is 18.8 Å². The lowest BCUT2D eigenvalue weighted by molar-refractivity contribution is -0.122. The molecule has 1 N–H and O–H groups in total. The highest BCUT2D eigenvalue weighted by Crippen LogP contribution is 2.38. The third-order valence-electron chi connectivity index (χ3n) is 5.20. The maximum atomic E-state index is 13.2. The minimum atomic E-state index is -0.911. The van der Waals surface area contributed by atoms with E-state index in [1.807, 2.05) is 0 Å². The molecule has 37 heavy (non-hydrogen) atoms. The van der Waals surface area contributed by atoms with Crippen molar-refractivity contribution >= 4 is 68.7 Å². The standard InChI is InChI=1S/C26H18BrCl2FN2O5/c1-2-36-22-11-15(10-19(27)23(22)37-13-14-3-5-16(30)6-4-14)9-18-24(33)31-26(35)32(25(18)34)17-7-8-20(28)21(29)12-17/h3-12H,2,13H2,1H3,(H,31,33,35)/b18-9+. The number of carbonyl (C=O) groups excluding carboxylic acids is 3. The van der Waals surface area contributed by atoms with Crippen molar-refractivity contribution in [2.24, 2.45) is 0 Å². The van der Waals surface area contributed by atoms with Gasteiger partial charge in [0.05, 0.1) is 26.8 Å². The molecular formula is C26H18BrCl2FN2O5. The van der Waals surface area contributed by atoms with Crippen molar-refractivity contribution in [1.29, 1.82) is 0 Å². The molecule has 0 atom stereocenters. The number of nitrogens with zero attached hydrogens (tertiary/aromatic N) is 1. The summed E-state index contributed by atoms with van der Waals surface area (Å²) in [5.41, 5.74) is 1.06. The Hall–Kier alpha value is -3.40. The molecule has 0 spiro atoms. The fourth-order valence-electron chi connectivity index (χ4n) is 3.49. The number of benzene rings is 3. The number of urea groups is 1. The molecule has 0 aliphatic carbocycles. The van der Waals surface area contributed by atoms with Crippen molar-refractivity contribution in [3.63, 3.8) is 0 Å². The summed E-state index contributed by atoms with van der Waals surface area (Å²) in [5.74, 6) is -1.29. The average molecular weight is 608 g/mol. The number of amides is 4. The van der Waals surface area contributed by atoms with E-state index in [1.165, 1.54) is 36.4 Å². The quantitative estimate of drug-likeness (QED) is 0.243. The van der Waals surface area contributed by atoms with E-state index < -0.39 is 17.8 Å². The number of halogens is 4. The Bertz CT molecular complexity index is 1430. The van der Waals surface area contributed by atoms with Crippen LogP contribution in [0.4, 0.5) is 14.9 Å². The van der Waals surface area contributed by atoms with Crippen LogP contribution in [0.25, 0.3) is 6.08 Å². The van der Waals surface area contributed by atoms with Crippen LogP contribution in [0.3, 0.4) is 0 Å². The van der Waals surface area contributed by atoms with Crippen LogP contribution in [0.15, 0.2) is 64.6 Å². The summed E-state index contributed by atoms with van der Waals surface area (Å²) in [7, 11) is 0. The molecule has 11 heteroatoms. The van der Waals surface area contributed by atoms with Gasteiger partial charge >= 0.3 is 6.03 Å². The van der Waals surface area contributed by atoms with E-state index in [2.05, 4.69) is 21.2 Å². The molecule has 1 aliphatic heterocycles. The van der Waals surface area contributed by atoms with Gasteiger partial charge < -0.3 is 9.47 Å². The molecule has 190 valence electrons. The predicted octanol–water partition coefficient (Wildman–Crippen LogP) is 6.54. The molecule has 1 heterocycles. The second-order valence-electron chi connectivity index (χ2n) is 7.73. The molecule has 0 radical (unpaired) electrons. The lowest BCUT2D eigenvalue weighted by Crippen LogP contribution is -2.54. The Labute approximate surface area is 229 Å². The van der Waals surface area contributed by atoms with Crippen LogP contribution >= 0.6 is 39.1 Å². The summed E-state index contributed by atoms with van der Waals surface area (Å²) >= 11 is 15.4. The van der Waals surface area contributed by atoms with Crippen LogP contribution in [0.5, 0.6) is 11.5 Å². The Morgan fingerprint density at radius 1 is 1.00 bits per heavy atom. The number of rotatable bonds is 7. The van der Waals surface area contributed by atoms with Gasteiger partial charge in [-0.3, -0.25) is 14.9 Å². The molecule has 1 aliphatic rings. The smallest absolute Gasteiger partial charge is 0.335 e. The second kappa shape index (κ2) is 11.3. The molecule has 0 saturated carbocycles. The van der Waals surface area contributed by atoms with Gasteiger partial charge in [0, 0.05) is 0 Å². The first-order valence-electron chi connectivity index (χ1n) is 10.9. The predicted molar refractivity (Wildman–Crippen MR) is 142 cm³/mol. The zero-order valence-corrected chi connectivity index (χ0v) is 22.3. The molecular weight excluding hydrogens is 590 g/mol. The van der Waals surface area contributed by atoms with Crippen molar-refractivity contribution in [3.8, 4) is 11.5 Å². The van der Waals surface area contributed by atoms with E-state index in [4.69, 9.17) is 32.7 Å². The fourth-order valence-corrected chi connectivity index (χ4v) is 4.36. The monoisotopic (exact) mass is 606 g/mol. The molecule has 1 fully saturated rings. The minimum absolute atomic E-state index is 0.142. The number of anilines is 1. The van der Waals surface area contributed by atoms with Gasteiger partial charge in [-0.1, -0.05) is 35.3 Å². The highest BCUT2D eigenvalue weighted by molar-refractivity contribution is 9.10. The summed E-state index contributed by atoms with van der Waals surface area (Å²) in [6.07, 6.45) is 1.34. The van der Waals surface area contributed by atoms with Crippen LogP contribution in [0, 0.1) is 5.82 Å². The summed E-state index contributed by atoms with van der Waals surface area (Å²) in [6, 6.07) is 12.4. The van der Waals surface area contributed by atoms with Gasteiger partial charge in [0.25, 0.3) is 11.8 Å². The van der Waals surface area contributed by atoms with Gasteiger partial charge in [-0.25, -0.2) is 14.1 Å². The van der Waals surface area contributed by atoms with Crippen LogP contribution in [0.1, 0.15) is 18.1 Å². The van der Waals surface area contributed by atoms with E-state index in [1.54, 1.807) is 31.2 Å². The molecule has 3 aromatic rings. The molecule has 4 amide bonds. The maximum Gasteiger partial charge on any atom is 0.335 e. The number of hydrogen-bond acceptors (Lipinski definition) is 5. The highest BCUT2D eigenvalue weighted by Gasteiger charge is 2.37. The third-order valence-corrected chi connectivity index (χ3v) is 6.53. The summed E-state index contributed by atoms with van der Waals surface area (Å²) < 4.78 is 25.3. The van der Waals surface area contributed by atoms with Gasteiger partial charge in [-0.05, 0) is 82.5 Å². The SMILES string of the molecule is CCOc1cc(/C=C2\C(=O)NC(=O)N(c3ccc(Cl)c(Cl)c3)C2=O)cc(Br)c1OCc1ccc(F)cc1. The molecule has 7 nitrogen and oxygen atoms in total. The molecule has 1 saturated heterocycles. The van der Waals surface area contributed by atoms with E-state index in [0.29, 0.717) is 28.1 Å². The topological polar surface area (TPSA) is 84.9 Å². The zero-order valence-electron chi connectivity index (χ0n) is 19.2. The van der Waals surface area contributed by atoms with Crippen LogP contribution < -0.4 is 19.7 Å². The first kappa shape index (κ1) is 26.7. The number of nitrogens with one attached hydrogen (secondary N) is 1. The number of ether oxygens (including phenoxy) is 2. The van der Waals surface area contributed by atoms with Crippen LogP contribution in [0.2, 0.25) is 10.0 Å². The number of barbiturate groups is 1. The number of carbonyl (C=O) groups is 3. The van der Waals surface area contributed by atoms with Gasteiger partial charge in [-0.2, -0.15) is 0 Å². The van der Waals surface area contributed by atoms with E-state index in [-0.39, 0.29) is 33.7 Å².